The number of thiophene rings is 1. The summed E-state index contributed by atoms with van der Waals surface area (Å²) >= 11 is 4.81. The molecular formula is C12H19BrN2O3S2. The second-order valence-corrected chi connectivity index (χ2v) is 9.25. The maximum atomic E-state index is 12.7. The topological polar surface area (TPSA) is 58.6 Å². The number of nitrogens with zero attached hydrogens (tertiary/aromatic N) is 1. The van der Waals surface area contributed by atoms with Crippen LogP contribution < -0.4 is 5.32 Å². The van der Waals surface area contributed by atoms with Crippen molar-refractivity contribution in [2.75, 3.05) is 20.7 Å². The molecule has 2 atom stereocenters. The van der Waals surface area contributed by atoms with Crippen molar-refractivity contribution in [3.05, 3.63) is 14.7 Å². The van der Waals surface area contributed by atoms with E-state index in [-0.39, 0.29) is 12.1 Å². The highest BCUT2D eigenvalue weighted by molar-refractivity contribution is 9.11. The maximum absolute atomic E-state index is 12.7. The minimum Gasteiger partial charge on any atom is -0.377 e. The van der Waals surface area contributed by atoms with Gasteiger partial charge in [0, 0.05) is 25.1 Å². The van der Waals surface area contributed by atoms with Gasteiger partial charge in [-0.05, 0) is 42.4 Å². The summed E-state index contributed by atoms with van der Waals surface area (Å²) in [7, 11) is -0.0236. The highest BCUT2D eigenvalue weighted by Gasteiger charge is 2.36. The summed E-state index contributed by atoms with van der Waals surface area (Å²) in [5.74, 6) is 0. The molecule has 2 heterocycles. The summed E-state index contributed by atoms with van der Waals surface area (Å²) in [4.78, 5) is 1.33. The van der Waals surface area contributed by atoms with E-state index < -0.39 is 10.0 Å². The monoisotopic (exact) mass is 382 g/mol. The lowest BCUT2D eigenvalue weighted by Crippen LogP contribution is -2.40. The number of sulfonamides is 1. The molecule has 1 aromatic heterocycles. The Morgan fingerprint density at radius 1 is 1.60 bits per heavy atom. The Balaban J connectivity index is 2.29. The van der Waals surface area contributed by atoms with E-state index in [9.17, 15) is 8.42 Å². The van der Waals surface area contributed by atoms with Gasteiger partial charge in [-0.15, -0.1) is 11.3 Å². The maximum Gasteiger partial charge on any atom is 0.245 e. The van der Waals surface area contributed by atoms with Crippen molar-refractivity contribution in [3.8, 4) is 0 Å². The fourth-order valence-corrected chi connectivity index (χ4v) is 6.45. The van der Waals surface area contributed by atoms with Gasteiger partial charge in [0.1, 0.15) is 4.90 Å². The van der Waals surface area contributed by atoms with Crippen LogP contribution in [0.5, 0.6) is 0 Å². The Bertz CT molecular complexity index is 573. The smallest absolute Gasteiger partial charge is 0.245 e. The Morgan fingerprint density at radius 3 is 2.85 bits per heavy atom. The van der Waals surface area contributed by atoms with Crippen LogP contribution in [0.1, 0.15) is 18.2 Å². The molecule has 1 aliphatic rings. The average Bonchev–Trinajstić information content (AvgIpc) is 2.95. The van der Waals surface area contributed by atoms with Crippen molar-refractivity contribution in [2.24, 2.45) is 0 Å². The molecule has 0 saturated carbocycles. The van der Waals surface area contributed by atoms with E-state index in [1.54, 1.807) is 13.1 Å². The molecule has 0 bridgehead atoms. The quantitative estimate of drug-likeness (QED) is 0.846. The van der Waals surface area contributed by atoms with Crippen LogP contribution in [0.25, 0.3) is 0 Å². The van der Waals surface area contributed by atoms with E-state index in [0.29, 0.717) is 21.8 Å². The summed E-state index contributed by atoms with van der Waals surface area (Å²) < 4.78 is 33.0. The van der Waals surface area contributed by atoms with Crippen LogP contribution in [0.2, 0.25) is 0 Å². The summed E-state index contributed by atoms with van der Waals surface area (Å²) in [5, 5.41) is 3.03. The summed E-state index contributed by atoms with van der Waals surface area (Å²) in [6.45, 7) is 3.19. The van der Waals surface area contributed by atoms with E-state index in [2.05, 4.69) is 21.2 Å². The molecule has 0 aliphatic carbocycles. The van der Waals surface area contributed by atoms with Crippen molar-refractivity contribution in [1.29, 1.82) is 0 Å². The van der Waals surface area contributed by atoms with Crippen molar-refractivity contribution in [3.63, 3.8) is 0 Å². The van der Waals surface area contributed by atoms with Crippen LogP contribution in [-0.4, -0.2) is 45.6 Å². The van der Waals surface area contributed by atoms with Gasteiger partial charge in [0.2, 0.25) is 10.0 Å². The largest absolute Gasteiger partial charge is 0.377 e. The summed E-state index contributed by atoms with van der Waals surface area (Å²) in [6.07, 6.45) is 0.672. The van der Waals surface area contributed by atoms with Crippen LogP contribution in [0.15, 0.2) is 14.7 Å². The third kappa shape index (κ3) is 3.10. The summed E-state index contributed by atoms with van der Waals surface area (Å²) in [5.41, 5.74) is 0. The zero-order chi connectivity index (χ0) is 14.9. The number of likely N-dealkylation sites (N-methyl/N-ethyl adjacent to an activating group) is 1. The number of rotatable bonds is 5. The normalized spacial score (nSPS) is 23.6. The highest BCUT2D eigenvalue weighted by Crippen LogP contribution is 2.35. The molecule has 20 heavy (non-hydrogen) atoms. The zero-order valence-electron chi connectivity index (χ0n) is 11.7. The van der Waals surface area contributed by atoms with E-state index in [0.717, 1.165) is 11.3 Å². The minimum absolute atomic E-state index is 0.0658. The predicted molar refractivity (Wildman–Crippen MR) is 83.6 cm³/mol. The van der Waals surface area contributed by atoms with E-state index in [1.807, 2.05) is 14.0 Å². The molecule has 1 saturated heterocycles. The van der Waals surface area contributed by atoms with Gasteiger partial charge in [-0.1, -0.05) is 0 Å². The first-order valence-corrected chi connectivity index (χ1v) is 9.45. The first kappa shape index (κ1) is 16.4. The first-order valence-electron chi connectivity index (χ1n) is 6.40. The van der Waals surface area contributed by atoms with Gasteiger partial charge in [-0.3, -0.25) is 0 Å². The second-order valence-electron chi connectivity index (χ2n) is 4.83. The molecule has 0 amide bonds. The Kier molecular flexibility index (Phi) is 5.25. The van der Waals surface area contributed by atoms with E-state index in [4.69, 9.17) is 4.74 Å². The van der Waals surface area contributed by atoms with Crippen LogP contribution in [0.3, 0.4) is 0 Å². The van der Waals surface area contributed by atoms with Crippen LogP contribution in [0.4, 0.5) is 0 Å². The van der Waals surface area contributed by atoms with E-state index >= 15 is 0 Å². The SMILES string of the molecule is CNCc1cc(S(=O)(=O)N(C)C2CCOC2C)c(Br)s1. The van der Waals surface area contributed by atoms with Gasteiger partial charge in [0.05, 0.1) is 15.9 Å². The number of hydrogen-bond donors (Lipinski definition) is 1. The molecule has 114 valence electrons. The lowest BCUT2D eigenvalue weighted by Gasteiger charge is -2.25. The lowest BCUT2D eigenvalue weighted by molar-refractivity contribution is 0.102. The average molecular weight is 383 g/mol. The van der Waals surface area contributed by atoms with Crippen LogP contribution in [0, 0.1) is 0 Å². The molecule has 0 aromatic carbocycles. The Hall–Kier alpha value is 0.01000. The molecule has 1 aliphatic heterocycles. The number of hydrogen-bond acceptors (Lipinski definition) is 5. The second kappa shape index (κ2) is 6.41. The fourth-order valence-electron chi connectivity index (χ4n) is 2.37. The Labute approximate surface area is 132 Å². The minimum atomic E-state index is -3.49. The van der Waals surface area contributed by atoms with Gasteiger partial charge in [0.25, 0.3) is 0 Å². The summed E-state index contributed by atoms with van der Waals surface area (Å²) in [6, 6.07) is 1.64. The fraction of sp³-hybridized carbons (Fsp3) is 0.667. The van der Waals surface area contributed by atoms with Gasteiger partial charge in [0.15, 0.2) is 0 Å². The molecule has 0 radical (unpaired) electrons. The van der Waals surface area contributed by atoms with Gasteiger partial charge in [-0.25, -0.2) is 8.42 Å². The first-order chi connectivity index (χ1) is 9.37. The van der Waals surface area contributed by atoms with Crippen molar-refractivity contribution in [1.82, 2.24) is 9.62 Å². The molecular weight excluding hydrogens is 364 g/mol. The molecule has 0 spiro atoms. The third-order valence-corrected chi connectivity index (χ3v) is 7.65. The molecule has 2 rings (SSSR count). The van der Waals surface area contributed by atoms with Crippen molar-refractivity contribution < 1.29 is 13.2 Å². The standard InChI is InChI=1S/C12H19BrN2O3S2/c1-8-10(4-5-18-8)15(3)20(16,17)11-6-9(7-14-2)19-12(11)13/h6,8,10,14H,4-5,7H2,1-3H3. The highest BCUT2D eigenvalue weighted by atomic mass is 79.9. The Morgan fingerprint density at radius 2 is 2.30 bits per heavy atom. The number of ether oxygens (including phenoxy) is 1. The van der Waals surface area contributed by atoms with Crippen LogP contribution >= 0.6 is 27.3 Å². The molecule has 8 heteroatoms. The number of halogens is 1. The van der Waals surface area contributed by atoms with Gasteiger partial charge in [-0.2, -0.15) is 4.31 Å². The third-order valence-electron chi connectivity index (χ3n) is 3.52. The van der Waals surface area contributed by atoms with Gasteiger partial charge < -0.3 is 10.1 Å². The molecule has 5 nitrogen and oxygen atoms in total. The molecule has 2 unspecified atom stereocenters. The van der Waals surface area contributed by atoms with Crippen molar-refractivity contribution >= 4 is 37.3 Å². The predicted octanol–water partition coefficient (Wildman–Crippen LogP) is 2.03. The molecule has 1 fully saturated rings. The number of nitrogens with one attached hydrogen (secondary N) is 1. The van der Waals surface area contributed by atoms with E-state index in [1.165, 1.54) is 15.6 Å². The van der Waals surface area contributed by atoms with Gasteiger partial charge >= 0.3 is 0 Å². The zero-order valence-corrected chi connectivity index (χ0v) is 14.9. The molecule has 1 N–H and O–H groups in total. The van der Waals surface area contributed by atoms with Crippen LogP contribution in [-0.2, 0) is 21.3 Å². The molecule has 1 aromatic rings. The lowest BCUT2D eigenvalue weighted by atomic mass is 10.2. The van der Waals surface area contributed by atoms with Crippen molar-refractivity contribution in [2.45, 2.75) is 36.9 Å².